The third-order valence-corrected chi connectivity index (χ3v) is 4.19. The summed E-state index contributed by atoms with van der Waals surface area (Å²) in [5.74, 6) is 1.80. The van der Waals surface area contributed by atoms with Crippen LogP contribution in [0.2, 0.25) is 0 Å². The van der Waals surface area contributed by atoms with Gasteiger partial charge in [0.25, 0.3) is 0 Å². The second kappa shape index (κ2) is 4.85. The van der Waals surface area contributed by atoms with Gasteiger partial charge in [-0.15, -0.1) is 0 Å². The van der Waals surface area contributed by atoms with Crippen LogP contribution in [0.3, 0.4) is 0 Å². The fourth-order valence-electron chi connectivity index (χ4n) is 3.04. The quantitative estimate of drug-likeness (QED) is 0.900. The van der Waals surface area contributed by atoms with E-state index in [1.807, 2.05) is 24.4 Å². The minimum absolute atomic E-state index is 0.526. The summed E-state index contributed by atoms with van der Waals surface area (Å²) in [7, 11) is 0. The average molecular weight is 258 g/mol. The fraction of sp³-hybridized carbons (Fsp3) is 0.533. The predicted molar refractivity (Wildman–Crippen MR) is 78.3 cm³/mol. The molecular formula is C15H22N4. The number of anilines is 1. The first-order chi connectivity index (χ1) is 9.20. The lowest BCUT2D eigenvalue weighted by atomic mass is 9.95. The summed E-state index contributed by atoms with van der Waals surface area (Å²) in [5.41, 5.74) is 8.07. The Balaban J connectivity index is 2.08. The number of hydrogen-bond acceptors (Lipinski definition) is 3. The van der Waals surface area contributed by atoms with Gasteiger partial charge in [-0.25, -0.2) is 4.98 Å². The molecule has 0 bridgehead atoms. The van der Waals surface area contributed by atoms with Crippen molar-refractivity contribution in [2.75, 3.05) is 11.4 Å². The van der Waals surface area contributed by atoms with Crippen LogP contribution >= 0.6 is 0 Å². The monoisotopic (exact) mass is 258 g/mol. The van der Waals surface area contributed by atoms with Crippen molar-refractivity contribution in [3.63, 3.8) is 0 Å². The van der Waals surface area contributed by atoms with Gasteiger partial charge < -0.3 is 15.0 Å². The zero-order chi connectivity index (χ0) is 13.4. The summed E-state index contributed by atoms with van der Waals surface area (Å²) < 4.78 is 2.11. The number of rotatable bonds is 2. The Morgan fingerprint density at radius 1 is 1.32 bits per heavy atom. The van der Waals surface area contributed by atoms with Crippen LogP contribution in [0.25, 0.3) is 5.65 Å². The highest BCUT2D eigenvalue weighted by Gasteiger charge is 2.27. The molecule has 1 fully saturated rings. The van der Waals surface area contributed by atoms with Gasteiger partial charge in [0.05, 0.1) is 5.69 Å². The highest BCUT2D eigenvalue weighted by atomic mass is 15.3. The summed E-state index contributed by atoms with van der Waals surface area (Å²) in [6.45, 7) is 6.21. The van der Waals surface area contributed by atoms with E-state index in [1.54, 1.807) is 0 Å². The molecule has 4 heteroatoms. The summed E-state index contributed by atoms with van der Waals surface area (Å²) in [4.78, 5) is 7.23. The number of aromatic nitrogens is 2. The van der Waals surface area contributed by atoms with E-state index in [4.69, 9.17) is 10.7 Å². The standard InChI is InChI=1S/C15H22N4/c1-11-6-7-12(2)19(10-11)15-13(9-16)18-8-4-3-5-14(18)17-15/h3-5,8,11-12H,6-7,9-10,16H2,1-2H3. The number of pyridine rings is 1. The molecule has 0 aliphatic carbocycles. The van der Waals surface area contributed by atoms with E-state index < -0.39 is 0 Å². The van der Waals surface area contributed by atoms with Gasteiger partial charge in [0, 0.05) is 25.3 Å². The van der Waals surface area contributed by atoms with Gasteiger partial charge >= 0.3 is 0 Å². The largest absolute Gasteiger partial charge is 0.352 e. The van der Waals surface area contributed by atoms with Crippen LogP contribution < -0.4 is 10.6 Å². The number of nitrogens with two attached hydrogens (primary N) is 1. The molecule has 0 radical (unpaired) electrons. The van der Waals surface area contributed by atoms with E-state index in [0.717, 1.165) is 29.6 Å². The molecule has 1 aliphatic heterocycles. The van der Waals surface area contributed by atoms with Crippen molar-refractivity contribution in [2.45, 2.75) is 39.3 Å². The van der Waals surface area contributed by atoms with Crippen molar-refractivity contribution in [1.82, 2.24) is 9.38 Å². The molecule has 2 aromatic heterocycles. The molecule has 1 aliphatic rings. The molecule has 19 heavy (non-hydrogen) atoms. The predicted octanol–water partition coefficient (Wildman–Crippen LogP) is 2.42. The highest BCUT2D eigenvalue weighted by Crippen LogP contribution is 2.29. The number of fused-ring (bicyclic) bond motifs is 1. The molecule has 3 rings (SSSR count). The summed E-state index contributed by atoms with van der Waals surface area (Å²) in [6.07, 6.45) is 4.59. The Kier molecular flexibility index (Phi) is 3.19. The van der Waals surface area contributed by atoms with E-state index >= 15 is 0 Å². The Bertz CT molecular complexity index is 575. The fourth-order valence-corrected chi connectivity index (χ4v) is 3.04. The van der Waals surface area contributed by atoms with Crippen LogP contribution in [0.5, 0.6) is 0 Å². The molecule has 3 heterocycles. The SMILES string of the molecule is CC1CCC(C)N(c2nc3ccccn3c2CN)C1. The Morgan fingerprint density at radius 2 is 2.16 bits per heavy atom. The molecule has 0 saturated carbocycles. The molecular weight excluding hydrogens is 236 g/mol. The van der Waals surface area contributed by atoms with Crippen molar-refractivity contribution >= 4 is 11.5 Å². The Morgan fingerprint density at radius 3 is 2.95 bits per heavy atom. The summed E-state index contributed by atoms with van der Waals surface area (Å²) in [6, 6.07) is 6.64. The van der Waals surface area contributed by atoms with Gasteiger partial charge in [-0.3, -0.25) is 0 Å². The van der Waals surface area contributed by atoms with Crippen molar-refractivity contribution in [3.05, 3.63) is 30.1 Å². The van der Waals surface area contributed by atoms with Gasteiger partial charge in [-0.05, 0) is 37.8 Å². The second-order valence-corrected chi connectivity index (χ2v) is 5.70. The molecule has 2 unspecified atom stereocenters. The molecule has 0 aromatic carbocycles. The van der Waals surface area contributed by atoms with Crippen molar-refractivity contribution in [1.29, 1.82) is 0 Å². The topological polar surface area (TPSA) is 46.6 Å². The van der Waals surface area contributed by atoms with Gasteiger partial charge in [0.1, 0.15) is 5.65 Å². The average Bonchev–Trinajstić information content (AvgIpc) is 2.79. The van der Waals surface area contributed by atoms with Gasteiger partial charge in [-0.1, -0.05) is 13.0 Å². The molecule has 2 aromatic rings. The number of imidazole rings is 1. The minimum atomic E-state index is 0.526. The second-order valence-electron chi connectivity index (χ2n) is 5.70. The Hall–Kier alpha value is -1.55. The van der Waals surface area contributed by atoms with E-state index in [2.05, 4.69) is 23.1 Å². The van der Waals surface area contributed by atoms with Gasteiger partial charge in [0.15, 0.2) is 5.82 Å². The van der Waals surface area contributed by atoms with Crippen LogP contribution in [0.4, 0.5) is 5.82 Å². The molecule has 4 nitrogen and oxygen atoms in total. The van der Waals surface area contributed by atoms with Crippen LogP contribution in [-0.2, 0) is 6.54 Å². The highest BCUT2D eigenvalue weighted by molar-refractivity contribution is 5.56. The summed E-state index contributed by atoms with van der Waals surface area (Å²) in [5, 5.41) is 0. The molecule has 2 atom stereocenters. The van der Waals surface area contributed by atoms with Crippen LogP contribution in [-0.4, -0.2) is 22.0 Å². The van der Waals surface area contributed by atoms with Crippen LogP contribution in [0, 0.1) is 5.92 Å². The molecule has 1 saturated heterocycles. The molecule has 102 valence electrons. The van der Waals surface area contributed by atoms with E-state index in [-0.39, 0.29) is 0 Å². The van der Waals surface area contributed by atoms with Crippen molar-refractivity contribution < 1.29 is 0 Å². The third kappa shape index (κ3) is 2.10. The molecule has 2 N–H and O–H groups in total. The van der Waals surface area contributed by atoms with Crippen LogP contribution in [0.1, 0.15) is 32.4 Å². The van der Waals surface area contributed by atoms with E-state index in [9.17, 15) is 0 Å². The molecule has 0 amide bonds. The zero-order valence-electron chi connectivity index (χ0n) is 11.7. The maximum absolute atomic E-state index is 5.96. The zero-order valence-corrected chi connectivity index (χ0v) is 11.7. The maximum Gasteiger partial charge on any atom is 0.152 e. The number of hydrogen-bond donors (Lipinski definition) is 1. The van der Waals surface area contributed by atoms with Crippen LogP contribution in [0.15, 0.2) is 24.4 Å². The Labute approximate surface area is 114 Å². The van der Waals surface area contributed by atoms with Crippen molar-refractivity contribution in [3.8, 4) is 0 Å². The van der Waals surface area contributed by atoms with Crippen molar-refractivity contribution in [2.24, 2.45) is 11.7 Å². The maximum atomic E-state index is 5.96. The number of nitrogens with zero attached hydrogens (tertiary/aromatic N) is 3. The normalized spacial score (nSPS) is 24.1. The third-order valence-electron chi connectivity index (χ3n) is 4.19. The smallest absolute Gasteiger partial charge is 0.152 e. The lowest BCUT2D eigenvalue weighted by molar-refractivity contribution is 0.388. The van der Waals surface area contributed by atoms with Gasteiger partial charge in [0.2, 0.25) is 0 Å². The first kappa shape index (κ1) is 12.5. The first-order valence-corrected chi connectivity index (χ1v) is 7.13. The lowest BCUT2D eigenvalue weighted by Gasteiger charge is -2.37. The number of piperidine rings is 1. The van der Waals surface area contributed by atoms with Gasteiger partial charge in [-0.2, -0.15) is 0 Å². The molecule has 0 spiro atoms. The summed E-state index contributed by atoms with van der Waals surface area (Å²) >= 11 is 0. The van der Waals surface area contributed by atoms with E-state index in [1.165, 1.54) is 12.8 Å². The first-order valence-electron chi connectivity index (χ1n) is 7.13. The van der Waals surface area contributed by atoms with E-state index in [0.29, 0.717) is 12.6 Å². The lowest BCUT2D eigenvalue weighted by Crippen LogP contribution is -2.42. The minimum Gasteiger partial charge on any atom is -0.352 e.